The van der Waals surface area contributed by atoms with Gasteiger partial charge in [0.15, 0.2) is 6.79 Å². The molecule has 1 saturated heterocycles. The fraction of sp³-hybridized carbons (Fsp3) is 0.600. The van der Waals surface area contributed by atoms with Gasteiger partial charge in [0.05, 0.1) is 19.8 Å². The molecule has 0 aliphatic carbocycles. The number of benzene rings is 1. The van der Waals surface area contributed by atoms with Gasteiger partial charge in [0.25, 0.3) is 0 Å². The first kappa shape index (κ1) is 13.7. The lowest BCUT2D eigenvalue weighted by Gasteiger charge is -2.23. The zero-order chi connectivity index (χ0) is 13.8. The number of nitrogens with two attached hydrogens (primary N) is 1. The third-order valence-electron chi connectivity index (χ3n) is 3.76. The molecule has 0 bridgehead atoms. The van der Waals surface area contributed by atoms with Gasteiger partial charge in [-0.25, -0.2) is 0 Å². The average Bonchev–Trinajstić information content (AvgIpc) is 2.48. The minimum Gasteiger partial charge on any atom is -0.467 e. The zero-order valence-corrected chi connectivity index (χ0v) is 11.6. The van der Waals surface area contributed by atoms with Crippen LogP contribution in [-0.4, -0.2) is 26.6 Å². The molecule has 0 saturated carbocycles. The first-order chi connectivity index (χ1) is 9.83. The van der Waals surface area contributed by atoms with Crippen LogP contribution in [0.25, 0.3) is 0 Å². The molecule has 0 unspecified atom stereocenters. The number of hydrogen-bond donors (Lipinski definition) is 1. The maximum absolute atomic E-state index is 5.91. The molecule has 1 aromatic carbocycles. The molecular formula is C15H21NO4. The Morgan fingerprint density at radius 1 is 1.20 bits per heavy atom. The van der Waals surface area contributed by atoms with Gasteiger partial charge in [-0.1, -0.05) is 0 Å². The molecule has 2 N–H and O–H groups in total. The second-order valence-electron chi connectivity index (χ2n) is 5.35. The van der Waals surface area contributed by atoms with Crippen molar-refractivity contribution in [3.63, 3.8) is 0 Å². The Hall–Kier alpha value is -1.30. The highest BCUT2D eigenvalue weighted by molar-refractivity contribution is 5.53. The molecule has 5 heteroatoms. The van der Waals surface area contributed by atoms with Crippen molar-refractivity contribution in [3.8, 4) is 5.75 Å². The molecule has 2 aliphatic rings. The van der Waals surface area contributed by atoms with E-state index in [0.717, 1.165) is 55.2 Å². The molecule has 0 aromatic heterocycles. The van der Waals surface area contributed by atoms with Gasteiger partial charge in [-0.3, -0.25) is 0 Å². The van der Waals surface area contributed by atoms with Crippen LogP contribution in [0.3, 0.4) is 0 Å². The first-order valence-electron chi connectivity index (χ1n) is 7.10. The van der Waals surface area contributed by atoms with Crippen LogP contribution in [0, 0.1) is 5.92 Å². The van der Waals surface area contributed by atoms with Crippen molar-refractivity contribution in [1.82, 2.24) is 0 Å². The van der Waals surface area contributed by atoms with Crippen LogP contribution in [0.2, 0.25) is 0 Å². The fourth-order valence-electron chi connectivity index (χ4n) is 2.68. The Labute approximate surface area is 118 Å². The third kappa shape index (κ3) is 3.23. The number of fused-ring (bicyclic) bond motifs is 1. The number of anilines is 1. The maximum Gasteiger partial charge on any atom is 0.189 e. The highest BCUT2D eigenvalue weighted by atomic mass is 16.7. The van der Waals surface area contributed by atoms with Crippen molar-refractivity contribution in [1.29, 1.82) is 0 Å². The van der Waals surface area contributed by atoms with E-state index in [4.69, 9.17) is 24.7 Å². The predicted octanol–water partition coefficient (Wildman–Crippen LogP) is 2.08. The molecule has 3 rings (SSSR count). The quantitative estimate of drug-likeness (QED) is 0.855. The maximum atomic E-state index is 5.91. The third-order valence-corrected chi connectivity index (χ3v) is 3.76. The summed E-state index contributed by atoms with van der Waals surface area (Å²) in [6.45, 7) is 3.84. The summed E-state index contributed by atoms with van der Waals surface area (Å²) >= 11 is 0. The van der Waals surface area contributed by atoms with Crippen molar-refractivity contribution in [2.24, 2.45) is 5.92 Å². The van der Waals surface area contributed by atoms with Crippen LogP contribution in [0.5, 0.6) is 5.75 Å². The summed E-state index contributed by atoms with van der Waals surface area (Å²) in [4.78, 5) is 0. The van der Waals surface area contributed by atoms with Crippen LogP contribution in [0.15, 0.2) is 12.1 Å². The predicted molar refractivity (Wildman–Crippen MR) is 74.3 cm³/mol. The Bertz CT molecular complexity index is 457. The largest absolute Gasteiger partial charge is 0.467 e. The van der Waals surface area contributed by atoms with Crippen LogP contribution in [0.1, 0.15) is 24.0 Å². The van der Waals surface area contributed by atoms with Crippen LogP contribution < -0.4 is 10.5 Å². The normalized spacial score (nSPS) is 19.4. The van der Waals surface area contributed by atoms with Gasteiger partial charge in [0, 0.05) is 30.0 Å². The standard InChI is InChI=1S/C15H21NO4/c16-14-5-12(15-13(6-14)9-19-10-20-15)8-18-7-11-1-3-17-4-2-11/h5-6,11H,1-4,7-10,16H2. The second kappa shape index (κ2) is 6.43. The van der Waals surface area contributed by atoms with Gasteiger partial charge in [0.1, 0.15) is 5.75 Å². The molecule has 0 amide bonds. The highest BCUT2D eigenvalue weighted by Crippen LogP contribution is 2.31. The first-order valence-corrected chi connectivity index (χ1v) is 7.10. The van der Waals surface area contributed by atoms with Crippen molar-refractivity contribution < 1.29 is 18.9 Å². The summed E-state index contributed by atoms with van der Waals surface area (Å²) in [7, 11) is 0. The zero-order valence-electron chi connectivity index (χ0n) is 11.6. The summed E-state index contributed by atoms with van der Waals surface area (Å²) < 4.78 is 22.0. The molecule has 2 aliphatic heterocycles. The molecule has 20 heavy (non-hydrogen) atoms. The van der Waals surface area contributed by atoms with E-state index >= 15 is 0 Å². The van der Waals surface area contributed by atoms with Gasteiger partial charge in [-0.05, 0) is 30.9 Å². The Morgan fingerprint density at radius 2 is 2.05 bits per heavy atom. The van der Waals surface area contributed by atoms with Crippen molar-refractivity contribution >= 4 is 5.69 Å². The van der Waals surface area contributed by atoms with Gasteiger partial charge >= 0.3 is 0 Å². The van der Waals surface area contributed by atoms with Crippen molar-refractivity contribution in [2.75, 3.05) is 32.3 Å². The fourth-order valence-corrected chi connectivity index (χ4v) is 2.68. The van der Waals surface area contributed by atoms with Crippen molar-refractivity contribution in [2.45, 2.75) is 26.1 Å². The van der Waals surface area contributed by atoms with Crippen LogP contribution in [0.4, 0.5) is 5.69 Å². The van der Waals surface area contributed by atoms with Crippen LogP contribution >= 0.6 is 0 Å². The SMILES string of the molecule is Nc1cc2c(c(COCC3CCOCC3)c1)OCOC2. The molecule has 2 heterocycles. The van der Waals surface area contributed by atoms with Gasteiger partial charge in [0.2, 0.25) is 0 Å². The van der Waals surface area contributed by atoms with E-state index in [0.29, 0.717) is 25.9 Å². The van der Waals surface area contributed by atoms with Gasteiger partial charge in [-0.15, -0.1) is 0 Å². The van der Waals surface area contributed by atoms with Crippen LogP contribution in [-0.2, 0) is 27.4 Å². The summed E-state index contributed by atoms with van der Waals surface area (Å²) in [6.07, 6.45) is 2.17. The molecule has 0 atom stereocenters. The molecule has 0 radical (unpaired) electrons. The van der Waals surface area contributed by atoms with E-state index in [9.17, 15) is 0 Å². The Morgan fingerprint density at radius 3 is 2.90 bits per heavy atom. The lowest BCUT2D eigenvalue weighted by molar-refractivity contribution is -0.0197. The number of hydrogen-bond acceptors (Lipinski definition) is 5. The topological polar surface area (TPSA) is 62.9 Å². The van der Waals surface area contributed by atoms with E-state index in [1.165, 1.54) is 0 Å². The minimum absolute atomic E-state index is 0.296. The molecule has 1 aromatic rings. The summed E-state index contributed by atoms with van der Waals surface area (Å²) in [5.41, 5.74) is 8.65. The average molecular weight is 279 g/mol. The summed E-state index contributed by atoms with van der Waals surface area (Å²) in [5.74, 6) is 1.47. The number of rotatable bonds is 4. The Balaban J connectivity index is 1.60. The molecule has 5 nitrogen and oxygen atoms in total. The van der Waals surface area contributed by atoms with Gasteiger partial charge in [-0.2, -0.15) is 0 Å². The molecular weight excluding hydrogens is 258 g/mol. The number of nitrogen functional groups attached to an aromatic ring is 1. The Kier molecular flexibility index (Phi) is 4.40. The lowest BCUT2D eigenvalue weighted by atomic mass is 10.0. The monoisotopic (exact) mass is 279 g/mol. The summed E-state index contributed by atoms with van der Waals surface area (Å²) in [5, 5.41) is 0. The minimum atomic E-state index is 0.296. The lowest BCUT2D eigenvalue weighted by Crippen LogP contribution is -2.20. The number of ether oxygens (including phenoxy) is 4. The van der Waals surface area contributed by atoms with Crippen molar-refractivity contribution in [3.05, 3.63) is 23.3 Å². The smallest absolute Gasteiger partial charge is 0.189 e. The van der Waals surface area contributed by atoms with E-state index in [1.807, 2.05) is 12.1 Å². The summed E-state index contributed by atoms with van der Waals surface area (Å²) in [6, 6.07) is 3.82. The second-order valence-corrected chi connectivity index (χ2v) is 5.35. The van der Waals surface area contributed by atoms with E-state index in [1.54, 1.807) is 0 Å². The van der Waals surface area contributed by atoms with E-state index in [-0.39, 0.29) is 0 Å². The molecule has 1 fully saturated rings. The van der Waals surface area contributed by atoms with E-state index < -0.39 is 0 Å². The molecule has 0 spiro atoms. The van der Waals surface area contributed by atoms with E-state index in [2.05, 4.69) is 0 Å². The highest BCUT2D eigenvalue weighted by Gasteiger charge is 2.18. The molecule has 110 valence electrons. The van der Waals surface area contributed by atoms with Gasteiger partial charge < -0.3 is 24.7 Å².